The summed E-state index contributed by atoms with van der Waals surface area (Å²) in [5, 5.41) is 2.10. The summed E-state index contributed by atoms with van der Waals surface area (Å²) in [7, 11) is 0. The molecule has 2 atom stereocenters. The van der Waals surface area contributed by atoms with Gasteiger partial charge in [0.15, 0.2) is 0 Å². The number of carbonyl (C=O) groups is 1. The maximum Gasteiger partial charge on any atom is 0.417 e. The quantitative estimate of drug-likeness (QED) is 0.515. The van der Waals surface area contributed by atoms with Gasteiger partial charge in [0.25, 0.3) is 5.91 Å². The molecule has 2 fully saturated rings. The van der Waals surface area contributed by atoms with Crippen molar-refractivity contribution in [3.05, 3.63) is 69.7 Å². The standard InChI is InChI=1S/C24H26ClF3N2O.ClH/c25-22-19(7-4-8-20(22)24(26,27)28)23(31)29-15-16-10-12-17(13-11-16)21-9-3-6-18-5-1-2-14-30(18)21;/h4,7-8,10-13,18,21H,1-3,5-6,9,14-15H2,(H,29,31);1H. The first-order chi connectivity index (χ1) is 14.8. The Morgan fingerprint density at radius 3 is 2.47 bits per heavy atom. The summed E-state index contributed by atoms with van der Waals surface area (Å²) in [6.45, 7) is 1.38. The molecule has 0 aliphatic carbocycles. The lowest BCUT2D eigenvalue weighted by Crippen LogP contribution is -2.44. The van der Waals surface area contributed by atoms with E-state index in [9.17, 15) is 18.0 Å². The number of alkyl halides is 3. The van der Waals surface area contributed by atoms with Gasteiger partial charge in [0.2, 0.25) is 0 Å². The van der Waals surface area contributed by atoms with Crippen LogP contribution >= 0.6 is 24.0 Å². The van der Waals surface area contributed by atoms with Gasteiger partial charge in [-0.05, 0) is 61.9 Å². The topological polar surface area (TPSA) is 32.3 Å². The fourth-order valence-corrected chi connectivity index (χ4v) is 5.19. The molecule has 0 radical (unpaired) electrons. The molecule has 2 heterocycles. The van der Waals surface area contributed by atoms with Crippen LogP contribution in [0.4, 0.5) is 13.2 Å². The fourth-order valence-electron chi connectivity index (χ4n) is 4.88. The Kier molecular flexibility index (Phi) is 8.12. The van der Waals surface area contributed by atoms with Crippen molar-refractivity contribution in [1.29, 1.82) is 0 Å². The third kappa shape index (κ3) is 5.41. The average molecular weight is 487 g/mol. The highest BCUT2D eigenvalue weighted by Crippen LogP contribution is 2.39. The second-order valence-electron chi connectivity index (χ2n) is 8.42. The molecule has 3 nitrogen and oxygen atoms in total. The molecule has 2 aliphatic heterocycles. The molecule has 1 N–H and O–H groups in total. The number of carbonyl (C=O) groups excluding carboxylic acids is 1. The first-order valence-corrected chi connectivity index (χ1v) is 11.2. The number of halogens is 5. The van der Waals surface area contributed by atoms with Gasteiger partial charge in [-0.2, -0.15) is 13.2 Å². The first kappa shape index (κ1) is 24.9. The molecule has 2 aliphatic rings. The summed E-state index contributed by atoms with van der Waals surface area (Å²) < 4.78 is 39.1. The Hall–Kier alpha value is -1.76. The Balaban J connectivity index is 0.00000289. The van der Waals surface area contributed by atoms with Crippen molar-refractivity contribution in [2.75, 3.05) is 6.54 Å². The Labute approximate surface area is 197 Å². The van der Waals surface area contributed by atoms with Gasteiger partial charge in [0.1, 0.15) is 0 Å². The largest absolute Gasteiger partial charge is 0.417 e. The number of benzene rings is 2. The predicted octanol–water partition coefficient (Wildman–Crippen LogP) is 6.79. The van der Waals surface area contributed by atoms with Crippen LogP contribution in [0.25, 0.3) is 0 Å². The van der Waals surface area contributed by atoms with Crippen LogP contribution in [0.15, 0.2) is 42.5 Å². The van der Waals surface area contributed by atoms with Crippen molar-refractivity contribution in [3.8, 4) is 0 Å². The van der Waals surface area contributed by atoms with Crippen molar-refractivity contribution < 1.29 is 18.0 Å². The molecule has 1 amide bonds. The lowest BCUT2D eigenvalue weighted by molar-refractivity contribution is -0.137. The lowest BCUT2D eigenvalue weighted by atomic mass is 9.86. The van der Waals surface area contributed by atoms with Gasteiger partial charge < -0.3 is 5.32 Å². The molecule has 2 aromatic rings. The van der Waals surface area contributed by atoms with Crippen LogP contribution in [-0.2, 0) is 12.7 Å². The number of hydrogen-bond acceptors (Lipinski definition) is 2. The SMILES string of the molecule is Cl.O=C(NCc1ccc(C2CCCC3CCCCN32)cc1)c1cccc(C(F)(F)F)c1Cl. The molecule has 2 aromatic carbocycles. The van der Waals surface area contributed by atoms with Gasteiger partial charge in [0.05, 0.1) is 16.1 Å². The van der Waals surface area contributed by atoms with E-state index in [-0.39, 0.29) is 24.5 Å². The Bertz CT molecular complexity index is 932. The van der Waals surface area contributed by atoms with E-state index in [1.54, 1.807) is 0 Å². The first-order valence-electron chi connectivity index (χ1n) is 10.8. The molecule has 0 aromatic heterocycles. The third-order valence-corrected chi connectivity index (χ3v) is 6.86. The van der Waals surface area contributed by atoms with E-state index in [1.807, 2.05) is 12.1 Å². The Morgan fingerprint density at radius 2 is 1.75 bits per heavy atom. The van der Waals surface area contributed by atoms with Crippen molar-refractivity contribution in [2.45, 2.75) is 63.3 Å². The second kappa shape index (κ2) is 10.4. The highest BCUT2D eigenvalue weighted by atomic mass is 35.5. The molecular weight excluding hydrogens is 460 g/mol. The van der Waals surface area contributed by atoms with Crippen LogP contribution in [0.2, 0.25) is 5.02 Å². The van der Waals surface area contributed by atoms with Gasteiger partial charge >= 0.3 is 6.18 Å². The van der Waals surface area contributed by atoms with Crippen LogP contribution in [0.3, 0.4) is 0 Å². The van der Waals surface area contributed by atoms with E-state index >= 15 is 0 Å². The maximum absolute atomic E-state index is 13.0. The molecule has 2 unspecified atom stereocenters. The summed E-state index contributed by atoms with van der Waals surface area (Å²) in [6.07, 6.45) is 2.98. The van der Waals surface area contributed by atoms with Crippen LogP contribution in [0, 0.1) is 0 Å². The molecule has 0 saturated carbocycles. The minimum absolute atomic E-state index is 0. The van der Waals surface area contributed by atoms with E-state index in [0.29, 0.717) is 12.1 Å². The predicted molar refractivity (Wildman–Crippen MR) is 122 cm³/mol. The highest BCUT2D eigenvalue weighted by molar-refractivity contribution is 6.34. The summed E-state index contributed by atoms with van der Waals surface area (Å²) in [5.74, 6) is -0.622. The van der Waals surface area contributed by atoms with Crippen molar-refractivity contribution in [1.82, 2.24) is 10.2 Å². The van der Waals surface area contributed by atoms with Crippen LogP contribution in [0.5, 0.6) is 0 Å². The van der Waals surface area contributed by atoms with Crippen molar-refractivity contribution in [2.24, 2.45) is 0 Å². The average Bonchev–Trinajstić information content (AvgIpc) is 2.77. The Morgan fingerprint density at radius 1 is 1.03 bits per heavy atom. The second-order valence-corrected chi connectivity index (χ2v) is 8.80. The summed E-state index contributed by atoms with van der Waals surface area (Å²) in [5.41, 5.74) is 1.01. The molecule has 4 rings (SSSR count). The zero-order valence-corrected chi connectivity index (χ0v) is 19.2. The summed E-state index contributed by atoms with van der Waals surface area (Å²) in [4.78, 5) is 15.1. The molecule has 0 spiro atoms. The van der Waals surface area contributed by atoms with Crippen LogP contribution < -0.4 is 5.32 Å². The minimum Gasteiger partial charge on any atom is -0.348 e. The number of nitrogens with one attached hydrogen (secondary N) is 1. The van der Waals surface area contributed by atoms with E-state index in [1.165, 1.54) is 56.2 Å². The molecule has 8 heteroatoms. The van der Waals surface area contributed by atoms with E-state index < -0.39 is 22.7 Å². The van der Waals surface area contributed by atoms with Gasteiger partial charge in [-0.1, -0.05) is 48.4 Å². The van der Waals surface area contributed by atoms with Gasteiger partial charge in [-0.3, -0.25) is 9.69 Å². The van der Waals surface area contributed by atoms with Gasteiger partial charge in [-0.15, -0.1) is 12.4 Å². The summed E-state index contributed by atoms with van der Waals surface area (Å²) in [6, 6.07) is 12.7. The zero-order chi connectivity index (χ0) is 22.0. The third-order valence-electron chi connectivity index (χ3n) is 6.45. The van der Waals surface area contributed by atoms with Gasteiger partial charge in [-0.25, -0.2) is 0 Å². The van der Waals surface area contributed by atoms with Crippen LogP contribution in [0.1, 0.15) is 71.6 Å². The van der Waals surface area contributed by atoms with Crippen LogP contribution in [-0.4, -0.2) is 23.4 Å². The van der Waals surface area contributed by atoms with Gasteiger partial charge in [0, 0.05) is 18.6 Å². The van der Waals surface area contributed by atoms with E-state index in [4.69, 9.17) is 11.6 Å². The monoisotopic (exact) mass is 486 g/mol. The highest BCUT2D eigenvalue weighted by Gasteiger charge is 2.35. The van der Waals surface area contributed by atoms with Crippen molar-refractivity contribution >= 4 is 29.9 Å². The minimum atomic E-state index is -4.60. The molecule has 2 saturated heterocycles. The number of rotatable bonds is 4. The normalized spacial score (nSPS) is 21.4. The molecule has 32 heavy (non-hydrogen) atoms. The fraction of sp³-hybridized carbons (Fsp3) is 0.458. The molecule has 0 bridgehead atoms. The number of nitrogens with zero attached hydrogens (tertiary/aromatic N) is 1. The lowest BCUT2D eigenvalue weighted by Gasteiger charge is -2.45. The molecule has 174 valence electrons. The smallest absolute Gasteiger partial charge is 0.348 e. The maximum atomic E-state index is 13.0. The molecular formula is C24H27Cl2F3N2O. The number of fused-ring (bicyclic) bond motifs is 1. The van der Waals surface area contributed by atoms with Crippen molar-refractivity contribution in [3.63, 3.8) is 0 Å². The van der Waals surface area contributed by atoms with E-state index in [0.717, 1.165) is 18.2 Å². The number of hydrogen-bond donors (Lipinski definition) is 1. The zero-order valence-electron chi connectivity index (χ0n) is 17.6. The summed E-state index contributed by atoms with van der Waals surface area (Å²) >= 11 is 5.85. The number of piperidine rings is 2. The van der Waals surface area contributed by atoms with E-state index in [2.05, 4.69) is 22.3 Å². The number of amides is 1.